The minimum atomic E-state index is -0.557. The summed E-state index contributed by atoms with van der Waals surface area (Å²) in [5, 5.41) is 4.42. The Labute approximate surface area is 186 Å². The second-order valence-electron chi connectivity index (χ2n) is 8.43. The Morgan fingerprint density at radius 2 is 1.88 bits per heavy atom. The van der Waals surface area contributed by atoms with Gasteiger partial charge in [0.05, 0.1) is 42.2 Å². The number of hydrogen-bond donors (Lipinski definition) is 0. The predicted octanol–water partition coefficient (Wildman–Crippen LogP) is 3.83. The molecular weight excluding hydrogens is 406 g/mol. The smallest absolute Gasteiger partial charge is 0.257 e. The zero-order valence-corrected chi connectivity index (χ0v) is 18.2. The Kier molecular flexibility index (Phi) is 4.96. The number of likely N-dealkylation sites (tertiary alicyclic amines) is 1. The molecule has 164 valence electrons. The lowest BCUT2D eigenvalue weighted by Crippen LogP contribution is -2.52. The van der Waals surface area contributed by atoms with Crippen LogP contribution in [0.2, 0.25) is 0 Å². The van der Waals surface area contributed by atoms with Crippen LogP contribution < -0.4 is 9.47 Å². The number of para-hydroxylation sites is 1. The lowest BCUT2D eigenvalue weighted by atomic mass is 9.82. The van der Waals surface area contributed by atoms with Crippen LogP contribution in [0.1, 0.15) is 45.7 Å². The highest BCUT2D eigenvalue weighted by Crippen LogP contribution is 2.40. The van der Waals surface area contributed by atoms with Gasteiger partial charge in [0.15, 0.2) is 5.78 Å². The second kappa shape index (κ2) is 7.82. The average Bonchev–Trinajstić information content (AvgIpc) is 3.20. The molecule has 0 unspecified atom stereocenters. The molecule has 32 heavy (non-hydrogen) atoms. The molecule has 7 nitrogen and oxygen atoms in total. The van der Waals surface area contributed by atoms with E-state index in [0.717, 1.165) is 11.4 Å². The summed E-state index contributed by atoms with van der Waals surface area (Å²) in [5.74, 6) is 1.27. The van der Waals surface area contributed by atoms with Crippen LogP contribution in [0.4, 0.5) is 0 Å². The number of amides is 1. The van der Waals surface area contributed by atoms with Crippen molar-refractivity contribution < 1.29 is 19.1 Å². The van der Waals surface area contributed by atoms with Gasteiger partial charge in [0.2, 0.25) is 0 Å². The molecule has 0 aliphatic carbocycles. The van der Waals surface area contributed by atoms with Crippen molar-refractivity contribution in [2.45, 2.75) is 31.8 Å². The molecule has 0 saturated carbocycles. The third-order valence-corrected chi connectivity index (χ3v) is 6.50. The molecule has 0 atom stereocenters. The van der Waals surface area contributed by atoms with Crippen molar-refractivity contribution in [3.63, 3.8) is 0 Å². The molecule has 1 spiro atoms. The van der Waals surface area contributed by atoms with Gasteiger partial charge in [-0.05, 0) is 37.3 Å². The van der Waals surface area contributed by atoms with E-state index in [-0.39, 0.29) is 11.7 Å². The number of carbonyl (C=O) groups is 2. The molecule has 2 aliphatic rings. The zero-order chi connectivity index (χ0) is 22.3. The van der Waals surface area contributed by atoms with E-state index in [1.54, 1.807) is 36.2 Å². The van der Waals surface area contributed by atoms with Crippen LogP contribution in [0.3, 0.4) is 0 Å². The van der Waals surface area contributed by atoms with Crippen molar-refractivity contribution in [1.29, 1.82) is 0 Å². The van der Waals surface area contributed by atoms with Gasteiger partial charge in [0.1, 0.15) is 17.1 Å². The SMILES string of the molecule is COc1ccc2c(c1)C(=O)CC1(CCN(C(=O)c3cnn(-c4ccccc4)c3C)CC1)O2. The number of nitrogens with zero attached hydrogens (tertiary/aromatic N) is 3. The number of rotatable bonds is 3. The number of ketones is 1. The van der Waals surface area contributed by atoms with E-state index in [1.165, 1.54) is 0 Å². The van der Waals surface area contributed by atoms with Crippen LogP contribution in [-0.4, -0.2) is 52.2 Å². The van der Waals surface area contributed by atoms with E-state index in [1.807, 2.05) is 42.2 Å². The molecular formula is C25H25N3O4. The predicted molar refractivity (Wildman–Crippen MR) is 119 cm³/mol. The van der Waals surface area contributed by atoms with Gasteiger partial charge in [-0.1, -0.05) is 18.2 Å². The monoisotopic (exact) mass is 431 g/mol. The summed E-state index contributed by atoms with van der Waals surface area (Å²) in [4.78, 5) is 27.9. The fraction of sp³-hybridized carbons (Fsp3) is 0.320. The number of carbonyl (C=O) groups excluding carboxylic acids is 2. The fourth-order valence-electron chi connectivity index (χ4n) is 4.62. The highest BCUT2D eigenvalue weighted by atomic mass is 16.5. The first-order chi connectivity index (χ1) is 15.5. The van der Waals surface area contributed by atoms with E-state index >= 15 is 0 Å². The standard InChI is InChI=1S/C25H25N3O4/c1-17-21(16-26-28(17)18-6-4-3-5-7-18)24(30)27-12-10-25(11-13-27)15-22(29)20-14-19(31-2)8-9-23(20)32-25/h3-9,14,16H,10-13,15H2,1-2H3. The zero-order valence-electron chi connectivity index (χ0n) is 18.2. The van der Waals surface area contributed by atoms with Crippen LogP contribution >= 0.6 is 0 Å². The Balaban J connectivity index is 1.30. The number of methoxy groups -OCH3 is 1. The molecule has 2 aliphatic heterocycles. The Hall–Kier alpha value is -3.61. The van der Waals surface area contributed by atoms with Crippen LogP contribution in [0, 0.1) is 6.92 Å². The summed E-state index contributed by atoms with van der Waals surface area (Å²) < 4.78 is 13.3. The number of hydrogen-bond acceptors (Lipinski definition) is 5. The maximum Gasteiger partial charge on any atom is 0.257 e. The van der Waals surface area contributed by atoms with Crippen LogP contribution in [0.25, 0.3) is 5.69 Å². The lowest BCUT2D eigenvalue weighted by molar-refractivity contribution is -0.00578. The number of Topliss-reactive ketones (excluding diaryl/α,β-unsaturated/α-hetero) is 1. The topological polar surface area (TPSA) is 73.7 Å². The third kappa shape index (κ3) is 3.43. The van der Waals surface area contributed by atoms with Crippen LogP contribution in [0.15, 0.2) is 54.7 Å². The molecule has 1 aromatic heterocycles. The molecule has 0 N–H and O–H groups in total. The highest BCUT2D eigenvalue weighted by Gasteiger charge is 2.44. The molecule has 3 aromatic rings. The summed E-state index contributed by atoms with van der Waals surface area (Å²) in [7, 11) is 1.58. The summed E-state index contributed by atoms with van der Waals surface area (Å²) >= 11 is 0. The van der Waals surface area contributed by atoms with Gasteiger partial charge in [-0.2, -0.15) is 5.10 Å². The molecule has 2 aromatic carbocycles. The number of piperidine rings is 1. The molecule has 7 heteroatoms. The van der Waals surface area contributed by atoms with Gasteiger partial charge in [-0.3, -0.25) is 9.59 Å². The average molecular weight is 431 g/mol. The normalized spacial score (nSPS) is 17.1. The summed E-state index contributed by atoms with van der Waals surface area (Å²) in [6.07, 6.45) is 3.18. The van der Waals surface area contributed by atoms with Crippen molar-refractivity contribution in [1.82, 2.24) is 14.7 Å². The minimum absolute atomic E-state index is 0.0354. The molecule has 0 radical (unpaired) electrons. The van der Waals surface area contributed by atoms with E-state index in [2.05, 4.69) is 5.10 Å². The Bertz CT molecular complexity index is 1180. The molecule has 3 heterocycles. The number of aromatic nitrogens is 2. The van der Waals surface area contributed by atoms with Crippen molar-refractivity contribution in [2.24, 2.45) is 0 Å². The second-order valence-corrected chi connectivity index (χ2v) is 8.43. The van der Waals surface area contributed by atoms with Gasteiger partial charge >= 0.3 is 0 Å². The Morgan fingerprint density at radius 1 is 1.12 bits per heavy atom. The van der Waals surface area contributed by atoms with Gasteiger partial charge in [0, 0.05) is 25.9 Å². The highest BCUT2D eigenvalue weighted by molar-refractivity contribution is 6.01. The quantitative estimate of drug-likeness (QED) is 0.630. The van der Waals surface area contributed by atoms with Crippen LogP contribution in [-0.2, 0) is 0 Å². The largest absolute Gasteiger partial charge is 0.497 e. The van der Waals surface area contributed by atoms with E-state index in [0.29, 0.717) is 55.0 Å². The first-order valence-electron chi connectivity index (χ1n) is 10.8. The lowest BCUT2D eigenvalue weighted by Gasteiger charge is -2.44. The number of fused-ring (bicyclic) bond motifs is 1. The number of benzene rings is 2. The van der Waals surface area contributed by atoms with E-state index < -0.39 is 5.60 Å². The summed E-state index contributed by atoms with van der Waals surface area (Å²) in [6, 6.07) is 15.1. The molecule has 0 bridgehead atoms. The van der Waals surface area contributed by atoms with E-state index in [4.69, 9.17) is 9.47 Å². The van der Waals surface area contributed by atoms with Crippen molar-refractivity contribution in [2.75, 3.05) is 20.2 Å². The maximum atomic E-state index is 13.2. The van der Waals surface area contributed by atoms with Crippen molar-refractivity contribution in [3.8, 4) is 17.2 Å². The van der Waals surface area contributed by atoms with Crippen molar-refractivity contribution in [3.05, 3.63) is 71.5 Å². The molecule has 1 amide bonds. The van der Waals surface area contributed by atoms with Crippen LogP contribution in [0.5, 0.6) is 11.5 Å². The first kappa shape index (κ1) is 20.3. The van der Waals surface area contributed by atoms with Gasteiger partial charge in [-0.25, -0.2) is 4.68 Å². The van der Waals surface area contributed by atoms with Gasteiger partial charge < -0.3 is 14.4 Å². The Morgan fingerprint density at radius 3 is 2.59 bits per heavy atom. The number of ether oxygens (including phenoxy) is 2. The summed E-state index contributed by atoms with van der Waals surface area (Å²) in [5.41, 5.74) is 2.35. The van der Waals surface area contributed by atoms with Gasteiger partial charge in [0.25, 0.3) is 5.91 Å². The molecule has 1 fully saturated rings. The van der Waals surface area contributed by atoms with Gasteiger partial charge in [-0.15, -0.1) is 0 Å². The van der Waals surface area contributed by atoms with E-state index in [9.17, 15) is 9.59 Å². The first-order valence-corrected chi connectivity index (χ1v) is 10.8. The summed E-state index contributed by atoms with van der Waals surface area (Å²) in [6.45, 7) is 2.98. The molecule has 1 saturated heterocycles. The maximum absolute atomic E-state index is 13.2. The third-order valence-electron chi connectivity index (χ3n) is 6.50. The fourth-order valence-corrected chi connectivity index (χ4v) is 4.62. The minimum Gasteiger partial charge on any atom is -0.497 e. The van der Waals surface area contributed by atoms with Crippen molar-refractivity contribution >= 4 is 11.7 Å². The molecule has 5 rings (SSSR count).